The van der Waals surface area contributed by atoms with Crippen LogP contribution in [0.5, 0.6) is 5.75 Å². The van der Waals surface area contributed by atoms with Gasteiger partial charge in [0.15, 0.2) is 0 Å². The summed E-state index contributed by atoms with van der Waals surface area (Å²) in [5.74, 6) is 0.866. The van der Waals surface area contributed by atoms with Gasteiger partial charge in [-0.1, -0.05) is 18.2 Å². The summed E-state index contributed by atoms with van der Waals surface area (Å²) in [6.07, 6.45) is 1.24. The molecule has 1 aliphatic heterocycles. The van der Waals surface area contributed by atoms with Crippen LogP contribution in [0, 0.1) is 0 Å². The van der Waals surface area contributed by atoms with Gasteiger partial charge in [0.25, 0.3) is 0 Å². The zero-order valence-corrected chi connectivity index (χ0v) is 14.1. The first-order valence-electron chi connectivity index (χ1n) is 7.74. The molecule has 0 spiro atoms. The molecule has 7 heteroatoms. The van der Waals surface area contributed by atoms with Crippen LogP contribution in [0.3, 0.4) is 0 Å². The average Bonchev–Trinajstić information content (AvgIpc) is 3.00. The number of nitrogens with zero attached hydrogens (tertiary/aromatic N) is 3. The normalized spacial score (nSPS) is 16.6. The molecule has 126 valence electrons. The predicted octanol–water partition coefficient (Wildman–Crippen LogP) is 2.53. The fourth-order valence-corrected chi connectivity index (χ4v) is 2.81. The molecule has 0 fully saturated rings. The molecule has 0 saturated heterocycles. The van der Waals surface area contributed by atoms with Crippen molar-refractivity contribution < 1.29 is 14.3 Å². The lowest BCUT2D eigenvalue weighted by molar-refractivity contribution is -0.143. The van der Waals surface area contributed by atoms with Crippen LogP contribution in [0.25, 0.3) is 0 Å². The first-order valence-corrected chi connectivity index (χ1v) is 7.74. The molecule has 0 bridgehead atoms. The Morgan fingerprint density at radius 1 is 1.33 bits per heavy atom. The third-order valence-electron chi connectivity index (χ3n) is 3.79. The van der Waals surface area contributed by atoms with Gasteiger partial charge >= 0.3 is 5.97 Å². The predicted molar refractivity (Wildman–Crippen MR) is 88.7 cm³/mol. The van der Waals surface area contributed by atoms with E-state index in [0.717, 1.165) is 5.56 Å². The highest BCUT2D eigenvalue weighted by Crippen LogP contribution is 2.39. The van der Waals surface area contributed by atoms with Gasteiger partial charge in [-0.2, -0.15) is 10.1 Å². The Balaban J connectivity index is 2.16. The van der Waals surface area contributed by atoms with Crippen molar-refractivity contribution in [1.29, 1.82) is 0 Å². The van der Waals surface area contributed by atoms with Gasteiger partial charge in [-0.25, -0.2) is 9.48 Å². The van der Waals surface area contributed by atoms with E-state index in [-0.39, 0.29) is 12.1 Å². The van der Waals surface area contributed by atoms with E-state index in [2.05, 4.69) is 15.4 Å². The first-order chi connectivity index (χ1) is 11.5. The average molecular weight is 328 g/mol. The molecule has 0 unspecified atom stereocenters. The third kappa shape index (κ3) is 2.73. The summed E-state index contributed by atoms with van der Waals surface area (Å²) in [7, 11) is 1.60. The lowest BCUT2D eigenvalue weighted by Gasteiger charge is -2.29. The van der Waals surface area contributed by atoms with Crippen LogP contribution in [0.15, 0.2) is 41.9 Å². The summed E-state index contributed by atoms with van der Waals surface area (Å²) >= 11 is 0. The van der Waals surface area contributed by atoms with E-state index < -0.39 is 6.04 Å². The fourth-order valence-electron chi connectivity index (χ4n) is 2.81. The number of carbonyl (C=O) groups excluding carboxylic acids is 1. The number of carbonyl (C=O) groups is 1. The maximum absolute atomic E-state index is 12.7. The Hall–Kier alpha value is -2.83. The Bertz CT molecular complexity index is 795. The van der Waals surface area contributed by atoms with Crippen molar-refractivity contribution in [3.63, 3.8) is 0 Å². The van der Waals surface area contributed by atoms with Crippen LogP contribution in [-0.4, -0.2) is 33.9 Å². The van der Waals surface area contributed by atoms with Crippen LogP contribution in [0.4, 0.5) is 5.95 Å². The molecule has 2 heterocycles. The molecule has 7 nitrogen and oxygen atoms in total. The lowest BCUT2D eigenvalue weighted by Crippen LogP contribution is -2.30. The van der Waals surface area contributed by atoms with Crippen molar-refractivity contribution in [3.8, 4) is 5.75 Å². The second-order valence-electron chi connectivity index (χ2n) is 5.79. The maximum atomic E-state index is 12.7. The summed E-state index contributed by atoms with van der Waals surface area (Å²) < 4.78 is 12.6. The van der Waals surface area contributed by atoms with E-state index in [4.69, 9.17) is 9.47 Å². The fraction of sp³-hybridized carbons (Fsp3) is 0.353. The molecular weight excluding hydrogens is 308 g/mol. The smallest absolute Gasteiger partial charge is 0.338 e. The number of allylic oxidation sites excluding steroid dienone is 1. The van der Waals surface area contributed by atoms with E-state index in [0.29, 0.717) is 23.0 Å². The molecule has 0 amide bonds. The van der Waals surface area contributed by atoms with Crippen LogP contribution in [-0.2, 0) is 9.53 Å². The molecule has 0 radical (unpaired) electrons. The molecule has 1 N–H and O–H groups in total. The van der Waals surface area contributed by atoms with Gasteiger partial charge < -0.3 is 14.8 Å². The Labute approximate surface area is 140 Å². The van der Waals surface area contributed by atoms with E-state index in [1.807, 2.05) is 45.0 Å². The molecule has 2 aromatic rings. The number of para-hydroxylation sites is 1. The molecule has 1 aromatic carbocycles. The van der Waals surface area contributed by atoms with Gasteiger partial charge in [0.2, 0.25) is 5.95 Å². The Kier molecular flexibility index (Phi) is 4.24. The topological polar surface area (TPSA) is 78.3 Å². The number of methoxy groups -OCH3 is 1. The number of benzene rings is 1. The third-order valence-corrected chi connectivity index (χ3v) is 3.79. The standard InChI is InChI=1S/C17H20N4O3/c1-10(2)24-16(22)14-11(3)20-17-18-9-19-21(17)15(14)12-7-5-6-8-13(12)23-4/h5-10,15H,1-4H3,(H,18,19,20)/t15-/m1/s1. The Morgan fingerprint density at radius 2 is 2.08 bits per heavy atom. The molecule has 0 saturated carbocycles. The van der Waals surface area contributed by atoms with Gasteiger partial charge in [0.1, 0.15) is 18.1 Å². The van der Waals surface area contributed by atoms with E-state index in [1.54, 1.807) is 11.8 Å². The molecular formula is C17H20N4O3. The quantitative estimate of drug-likeness (QED) is 0.869. The van der Waals surface area contributed by atoms with Gasteiger partial charge in [0, 0.05) is 11.3 Å². The number of hydrogen-bond acceptors (Lipinski definition) is 6. The SMILES string of the molecule is COc1ccccc1[C@@H]1C(C(=O)OC(C)C)=C(C)Nc2ncnn21. The molecule has 0 aliphatic carbocycles. The number of aromatic nitrogens is 3. The lowest BCUT2D eigenvalue weighted by atomic mass is 9.95. The number of anilines is 1. The van der Waals surface area contributed by atoms with Crippen LogP contribution >= 0.6 is 0 Å². The summed E-state index contributed by atoms with van der Waals surface area (Å²) in [5.41, 5.74) is 2.01. The van der Waals surface area contributed by atoms with Gasteiger partial charge in [-0.3, -0.25) is 0 Å². The van der Waals surface area contributed by atoms with Crippen molar-refractivity contribution in [1.82, 2.24) is 14.8 Å². The van der Waals surface area contributed by atoms with Crippen molar-refractivity contribution in [2.24, 2.45) is 0 Å². The van der Waals surface area contributed by atoms with Crippen LogP contribution in [0.1, 0.15) is 32.4 Å². The van der Waals surface area contributed by atoms with Gasteiger partial charge in [-0.15, -0.1) is 0 Å². The summed E-state index contributed by atoms with van der Waals surface area (Å²) in [5, 5.41) is 7.39. The second kappa shape index (κ2) is 6.35. The number of fused-ring (bicyclic) bond motifs is 1. The second-order valence-corrected chi connectivity index (χ2v) is 5.79. The number of ether oxygens (including phenoxy) is 2. The molecule has 3 rings (SSSR count). The van der Waals surface area contributed by atoms with Crippen molar-refractivity contribution in [2.45, 2.75) is 32.9 Å². The van der Waals surface area contributed by atoms with Crippen LogP contribution < -0.4 is 10.1 Å². The largest absolute Gasteiger partial charge is 0.496 e. The minimum Gasteiger partial charge on any atom is -0.496 e. The molecule has 1 aliphatic rings. The summed E-state index contributed by atoms with van der Waals surface area (Å²) in [6.45, 7) is 5.48. The van der Waals surface area contributed by atoms with Crippen molar-refractivity contribution in [3.05, 3.63) is 47.4 Å². The minimum absolute atomic E-state index is 0.215. The monoisotopic (exact) mass is 328 g/mol. The maximum Gasteiger partial charge on any atom is 0.338 e. The van der Waals surface area contributed by atoms with E-state index in [1.165, 1.54) is 6.33 Å². The zero-order valence-electron chi connectivity index (χ0n) is 14.1. The van der Waals surface area contributed by atoms with Crippen LogP contribution in [0.2, 0.25) is 0 Å². The molecule has 24 heavy (non-hydrogen) atoms. The number of nitrogens with one attached hydrogen (secondary N) is 1. The van der Waals surface area contributed by atoms with Crippen molar-refractivity contribution >= 4 is 11.9 Å². The van der Waals surface area contributed by atoms with Gasteiger partial charge in [0.05, 0.1) is 18.8 Å². The number of esters is 1. The minimum atomic E-state index is -0.467. The van der Waals surface area contributed by atoms with E-state index in [9.17, 15) is 4.79 Å². The number of rotatable bonds is 4. The summed E-state index contributed by atoms with van der Waals surface area (Å²) in [6, 6.07) is 7.09. The first kappa shape index (κ1) is 16.0. The van der Waals surface area contributed by atoms with Crippen molar-refractivity contribution in [2.75, 3.05) is 12.4 Å². The highest BCUT2D eigenvalue weighted by atomic mass is 16.5. The zero-order chi connectivity index (χ0) is 17.3. The highest BCUT2D eigenvalue weighted by Gasteiger charge is 2.36. The summed E-state index contributed by atoms with van der Waals surface area (Å²) in [4.78, 5) is 16.9. The highest BCUT2D eigenvalue weighted by molar-refractivity contribution is 5.92. The number of hydrogen-bond donors (Lipinski definition) is 1. The Morgan fingerprint density at radius 3 is 2.79 bits per heavy atom. The van der Waals surface area contributed by atoms with Gasteiger partial charge in [-0.05, 0) is 26.8 Å². The molecule has 1 aromatic heterocycles. The van der Waals surface area contributed by atoms with E-state index >= 15 is 0 Å². The molecule has 1 atom stereocenters.